The zero-order chi connectivity index (χ0) is 12.8. The Hall–Kier alpha value is -2.42. The summed E-state index contributed by atoms with van der Waals surface area (Å²) in [5.41, 5.74) is 8.29. The van der Waals surface area contributed by atoms with Crippen LogP contribution in [0.5, 0.6) is 0 Å². The first-order valence-electron chi connectivity index (χ1n) is 5.69. The molecule has 0 aliphatic rings. The first-order chi connectivity index (χ1) is 8.75. The largest absolute Gasteiger partial charge is 0.368 e. The number of nitrogens with zero attached hydrogens (tertiary/aromatic N) is 1. The number of benzene rings is 2. The fraction of sp³-hybridized carbons (Fsp3) is 0.0667. The molecule has 0 aliphatic heterocycles. The molecule has 0 unspecified atom stereocenters. The molecule has 0 spiro atoms. The second kappa shape index (κ2) is 5.77. The van der Waals surface area contributed by atoms with Crippen LogP contribution in [0.1, 0.15) is 5.56 Å². The highest BCUT2D eigenvalue weighted by Gasteiger charge is 1.96. The van der Waals surface area contributed by atoms with E-state index < -0.39 is 5.91 Å². The van der Waals surface area contributed by atoms with E-state index in [2.05, 4.69) is 17.1 Å². The normalized spacial score (nSPS) is 10.7. The third-order valence-corrected chi connectivity index (χ3v) is 2.51. The van der Waals surface area contributed by atoms with Crippen molar-refractivity contribution in [1.82, 2.24) is 0 Å². The van der Waals surface area contributed by atoms with E-state index in [1.54, 1.807) is 6.21 Å². The van der Waals surface area contributed by atoms with Gasteiger partial charge >= 0.3 is 0 Å². The predicted octanol–water partition coefficient (Wildman–Crippen LogP) is 2.26. The summed E-state index contributed by atoms with van der Waals surface area (Å²) in [7, 11) is 0. The van der Waals surface area contributed by atoms with Crippen LogP contribution in [0.25, 0.3) is 11.1 Å². The molecule has 18 heavy (non-hydrogen) atoms. The molecule has 3 heteroatoms. The van der Waals surface area contributed by atoms with Gasteiger partial charge in [-0.2, -0.15) is 0 Å². The Morgan fingerprint density at radius 3 is 2.22 bits per heavy atom. The summed E-state index contributed by atoms with van der Waals surface area (Å²) >= 11 is 0. The number of primary amides is 1. The van der Waals surface area contributed by atoms with Crippen LogP contribution in [0.4, 0.5) is 0 Å². The molecule has 1 amide bonds. The number of carbonyl (C=O) groups excluding carboxylic acids is 1. The van der Waals surface area contributed by atoms with E-state index in [1.165, 1.54) is 5.56 Å². The van der Waals surface area contributed by atoms with Gasteiger partial charge in [-0.05, 0) is 16.7 Å². The Labute approximate surface area is 106 Å². The van der Waals surface area contributed by atoms with E-state index in [-0.39, 0.29) is 6.54 Å². The van der Waals surface area contributed by atoms with Crippen LogP contribution in [0, 0.1) is 0 Å². The number of hydrogen-bond acceptors (Lipinski definition) is 2. The summed E-state index contributed by atoms with van der Waals surface area (Å²) in [5, 5.41) is 0. The lowest BCUT2D eigenvalue weighted by Gasteiger charge is -2.01. The van der Waals surface area contributed by atoms with Crippen molar-refractivity contribution < 1.29 is 4.79 Å². The highest BCUT2D eigenvalue weighted by atomic mass is 16.1. The van der Waals surface area contributed by atoms with Crippen molar-refractivity contribution >= 4 is 12.1 Å². The van der Waals surface area contributed by atoms with Crippen LogP contribution in [0.3, 0.4) is 0 Å². The molecule has 0 fully saturated rings. The first-order valence-corrected chi connectivity index (χ1v) is 5.69. The number of amides is 1. The van der Waals surface area contributed by atoms with Gasteiger partial charge in [0.25, 0.3) is 0 Å². The summed E-state index contributed by atoms with van der Waals surface area (Å²) in [4.78, 5) is 14.5. The molecular weight excluding hydrogens is 224 g/mol. The number of aliphatic imine (C=N–C) groups is 1. The maximum atomic E-state index is 10.5. The quantitative estimate of drug-likeness (QED) is 0.816. The summed E-state index contributed by atoms with van der Waals surface area (Å²) in [6.07, 6.45) is 1.65. The van der Waals surface area contributed by atoms with Crippen LogP contribution in [0.15, 0.2) is 59.6 Å². The Balaban J connectivity index is 2.11. The maximum Gasteiger partial charge on any atom is 0.239 e. The van der Waals surface area contributed by atoms with E-state index >= 15 is 0 Å². The van der Waals surface area contributed by atoms with Gasteiger partial charge in [0.2, 0.25) is 5.91 Å². The summed E-state index contributed by atoms with van der Waals surface area (Å²) in [6, 6.07) is 18.1. The molecule has 2 N–H and O–H groups in total. The SMILES string of the molecule is NC(=O)CN=Cc1ccc(-c2ccccc2)cc1. The van der Waals surface area contributed by atoms with E-state index in [4.69, 9.17) is 5.73 Å². The Morgan fingerprint density at radius 2 is 1.61 bits per heavy atom. The lowest BCUT2D eigenvalue weighted by Crippen LogP contribution is -2.13. The molecule has 0 saturated heterocycles. The van der Waals surface area contributed by atoms with Gasteiger partial charge in [-0.25, -0.2) is 0 Å². The van der Waals surface area contributed by atoms with Crippen molar-refractivity contribution in [3.05, 3.63) is 60.2 Å². The fourth-order valence-electron chi connectivity index (χ4n) is 1.63. The highest BCUT2D eigenvalue weighted by Crippen LogP contribution is 2.18. The van der Waals surface area contributed by atoms with Crippen LogP contribution in [-0.2, 0) is 4.79 Å². The van der Waals surface area contributed by atoms with Crippen molar-refractivity contribution in [2.45, 2.75) is 0 Å². The van der Waals surface area contributed by atoms with Crippen LogP contribution in [-0.4, -0.2) is 18.7 Å². The summed E-state index contributed by atoms with van der Waals surface area (Å²) in [6.45, 7) is 0.0282. The van der Waals surface area contributed by atoms with Crippen molar-refractivity contribution in [3.8, 4) is 11.1 Å². The molecule has 0 heterocycles. The third kappa shape index (κ3) is 3.28. The van der Waals surface area contributed by atoms with Gasteiger partial charge in [0, 0.05) is 6.21 Å². The maximum absolute atomic E-state index is 10.5. The van der Waals surface area contributed by atoms with Gasteiger partial charge in [-0.15, -0.1) is 0 Å². The van der Waals surface area contributed by atoms with E-state index in [9.17, 15) is 4.79 Å². The number of nitrogens with two attached hydrogens (primary N) is 1. The molecular formula is C15H14N2O. The highest BCUT2D eigenvalue weighted by molar-refractivity contribution is 5.84. The van der Waals surface area contributed by atoms with Gasteiger partial charge in [-0.3, -0.25) is 9.79 Å². The standard InChI is InChI=1S/C15H14N2O/c16-15(18)11-17-10-12-6-8-14(9-7-12)13-4-2-1-3-5-13/h1-10H,11H2,(H2,16,18). The van der Waals surface area contributed by atoms with Crippen molar-refractivity contribution in [1.29, 1.82) is 0 Å². The monoisotopic (exact) mass is 238 g/mol. The topological polar surface area (TPSA) is 55.5 Å². The van der Waals surface area contributed by atoms with Gasteiger partial charge in [0.1, 0.15) is 6.54 Å². The first kappa shape index (κ1) is 12.0. The van der Waals surface area contributed by atoms with E-state index in [1.807, 2.05) is 42.5 Å². The van der Waals surface area contributed by atoms with Crippen molar-refractivity contribution in [2.24, 2.45) is 10.7 Å². The minimum atomic E-state index is -0.424. The van der Waals surface area contributed by atoms with Gasteiger partial charge < -0.3 is 5.73 Å². The smallest absolute Gasteiger partial charge is 0.239 e. The minimum absolute atomic E-state index is 0.0282. The van der Waals surface area contributed by atoms with E-state index in [0.29, 0.717) is 0 Å². The molecule has 0 saturated carbocycles. The van der Waals surface area contributed by atoms with Crippen molar-refractivity contribution in [2.75, 3.05) is 6.54 Å². The van der Waals surface area contributed by atoms with Crippen LogP contribution >= 0.6 is 0 Å². The summed E-state index contributed by atoms with van der Waals surface area (Å²) < 4.78 is 0. The second-order valence-electron chi connectivity index (χ2n) is 3.92. The Bertz CT molecular complexity index is 544. The zero-order valence-electron chi connectivity index (χ0n) is 9.91. The molecule has 0 aromatic heterocycles. The molecule has 3 nitrogen and oxygen atoms in total. The Morgan fingerprint density at radius 1 is 1.00 bits per heavy atom. The van der Waals surface area contributed by atoms with Crippen molar-refractivity contribution in [3.63, 3.8) is 0 Å². The minimum Gasteiger partial charge on any atom is -0.368 e. The molecule has 2 rings (SSSR count). The third-order valence-electron chi connectivity index (χ3n) is 2.51. The molecule has 0 aliphatic carbocycles. The number of carbonyl (C=O) groups is 1. The Kier molecular flexibility index (Phi) is 3.86. The lowest BCUT2D eigenvalue weighted by atomic mass is 10.0. The fourth-order valence-corrected chi connectivity index (χ4v) is 1.63. The average Bonchev–Trinajstić information content (AvgIpc) is 2.40. The molecule has 2 aromatic carbocycles. The summed E-state index contributed by atoms with van der Waals surface area (Å²) in [5.74, 6) is -0.424. The van der Waals surface area contributed by atoms with Gasteiger partial charge in [0.15, 0.2) is 0 Å². The molecule has 2 aromatic rings. The average molecular weight is 238 g/mol. The lowest BCUT2D eigenvalue weighted by molar-refractivity contribution is -0.116. The number of rotatable bonds is 4. The molecule has 0 bridgehead atoms. The van der Waals surface area contributed by atoms with Crippen LogP contribution < -0.4 is 5.73 Å². The molecule has 0 radical (unpaired) electrons. The second-order valence-corrected chi connectivity index (χ2v) is 3.92. The van der Waals surface area contributed by atoms with Gasteiger partial charge in [0.05, 0.1) is 0 Å². The number of hydrogen-bond donors (Lipinski definition) is 1. The zero-order valence-corrected chi connectivity index (χ0v) is 9.91. The predicted molar refractivity (Wildman–Crippen MR) is 73.5 cm³/mol. The van der Waals surface area contributed by atoms with Crippen LogP contribution in [0.2, 0.25) is 0 Å². The van der Waals surface area contributed by atoms with Gasteiger partial charge in [-0.1, -0.05) is 54.6 Å². The molecule has 90 valence electrons. The molecule has 0 atom stereocenters. The van der Waals surface area contributed by atoms with E-state index in [0.717, 1.165) is 11.1 Å².